The van der Waals surface area contributed by atoms with Crippen molar-refractivity contribution in [2.75, 3.05) is 7.11 Å². The van der Waals surface area contributed by atoms with Crippen LogP contribution in [0.25, 0.3) is 5.78 Å². The van der Waals surface area contributed by atoms with Crippen molar-refractivity contribution in [2.24, 2.45) is 5.73 Å². The van der Waals surface area contributed by atoms with Crippen molar-refractivity contribution >= 4 is 5.78 Å². The van der Waals surface area contributed by atoms with E-state index in [1.165, 1.54) is 0 Å². The van der Waals surface area contributed by atoms with Crippen LogP contribution in [0.2, 0.25) is 0 Å². The third-order valence-corrected chi connectivity index (χ3v) is 1.78. The van der Waals surface area contributed by atoms with Crippen LogP contribution < -0.4 is 10.5 Å². The van der Waals surface area contributed by atoms with Gasteiger partial charge in [0.1, 0.15) is 0 Å². The third kappa shape index (κ3) is 1.33. The smallest absolute Gasteiger partial charge is 0.234 e. The molecule has 0 aromatic carbocycles. The van der Waals surface area contributed by atoms with E-state index in [0.29, 0.717) is 18.1 Å². The lowest BCUT2D eigenvalue weighted by Gasteiger charge is -1.97. The Hall–Kier alpha value is -1.62. The molecular weight excluding hydrogens is 168 g/mol. The molecule has 0 unspecified atom stereocenters. The predicted molar refractivity (Wildman–Crippen MR) is 47.4 cm³/mol. The molecule has 0 amide bonds. The van der Waals surface area contributed by atoms with Crippen molar-refractivity contribution in [3.05, 3.63) is 24.3 Å². The van der Waals surface area contributed by atoms with Gasteiger partial charge in [-0.05, 0) is 0 Å². The highest BCUT2D eigenvalue weighted by Gasteiger charge is 2.01. The first-order chi connectivity index (χ1) is 6.33. The van der Waals surface area contributed by atoms with Gasteiger partial charge in [0.25, 0.3) is 0 Å². The topological polar surface area (TPSA) is 65.4 Å². The number of nitrogens with two attached hydrogens (primary N) is 1. The minimum Gasteiger partial charge on any atom is -0.494 e. The Balaban J connectivity index is 2.57. The Bertz CT molecular complexity index is 421. The molecule has 0 aliphatic carbocycles. The summed E-state index contributed by atoms with van der Waals surface area (Å²) in [5.74, 6) is 1.34. The lowest BCUT2D eigenvalue weighted by molar-refractivity contribution is 0.410. The summed E-state index contributed by atoms with van der Waals surface area (Å²) in [5, 5.41) is 0. The second-order valence-electron chi connectivity index (χ2n) is 2.64. The molecule has 0 saturated carbocycles. The normalized spacial score (nSPS) is 10.6. The number of nitrogens with zero attached hydrogens (tertiary/aromatic N) is 3. The molecule has 2 N–H and O–H groups in total. The third-order valence-electron chi connectivity index (χ3n) is 1.78. The first-order valence-corrected chi connectivity index (χ1v) is 3.91. The van der Waals surface area contributed by atoms with Crippen LogP contribution in [0.4, 0.5) is 0 Å². The molecule has 0 fully saturated rings. The molecular formula is C8H10N4O. The monoisotopic (exact) mass is 178 g/mol. The minimum absolute atomic E-state index is 0.422. The van der Waals surface area contributed by atoms with Crippen LogP contribution in [-0.4, -0.2) is 21.5 Å². The Morgan fingerprint density at radius 1 is 1.54 bits per heavy atom. The van der Waals surface area contributed by atoms with Gasteiger partial charge in [-0.3, -0.25) is 4.40 Å². The van der Waals surface area contributed by atoms with E-state index >= 15 is 0 Å². The molecule has 2 heterocycles. The summed E-state index contributed by atoms with van der Waals surface area (Å²) in [5.41, 5.74) is 6.27. The zero-order valence-corrected chi connectivity index (χ0v) is 7.27. The van der Waals surface area contributed by atoms with Crippen LogP contribution in [0.1, 0.15) is 5.69 Å². The van der Waals surface area contributed by atoms with Gasteiger partial charge in [-0.1, -0.05) is 0 Å². The minimum atomic E-state index is 0.422. The first-order valence-electron chi connectivity index (χ1n) is 3.91. The standard InChI is InChI=1S/C8H10N4O/c1-13-7-3-10-8-11-6(2-9)4-12(8)5-7/h3-5H,2,9H2,1H3. The van der Waals surface area contributed by atoms with Gasteiger partial charge in [-0.25, -0.2) is 9.97 Å². The van der Waals surface area contributed by atoms with Gasteiger partial charge in [0.2, 0.25) is 5.78 Å². The van der Waals surface area contributed by atoms with Crippen molar-refractivity contribution < 1.29 is 4.74 Å². The van der Waals surface area contributed by atoms with Crippen LogP contribution in [0.5, 0.6) is 5.75 Å². The second-order valence-corrected chi connectivity index (χ2v) is 2.64. The van der Waals surface area contributed by atoms with Crippen molar-refractivity contribution in [1.82, 2.24) is 14.4 Å². The van der Waals surface area contributed by atoms with E-state index in [-0.39, 0.29) is 0 Å². The quantitative estimate of drug-likeness (QED) is 0.713. The van der Waals surface area contributed by atoms with Gasteiger partial charge in [0.05, 0.1) is 25.2 Å². The number of hydrogen-bond acceptors (Lipinski definition) is 4. The molecule has 0 bridgehead atoms. The molecule has 2 rings (SSSR count). The molecule has 0 atom stereocenters. The lowest BCUT2D eigenvalue weighted by atomic mass is 10.5. The summed E-state index contributed by atoms with van der Waals surface area (Å²) in [6.07, 6.45) is 5.28. The molecule has 0 radical (unpaired) electrons. The van der Waals surface area contributed by atoms with Gasteiger partial charge >= 0.3 is 0 Å². The van der Waals surface area contributed by atoms with Gasteiger partial charge in [-0.15, -0.1) is 0 Å². The highest BCUT2D eigenvalue weighted by molar-refractivity contribution is 5.33. The van der Waals surface area contributed by atoms with Crippen LogP contribution in [0, 0.1) is 0 Å². The van der Waals surface area contributed by atoms with E-state index in [9.17, 15) is 0 Å². The van der Waals surface area contributed by atoms with E-state index in [1.807, 2.05) is 12.4 Å². The van der Waals surface area contributed by atoms with Crippen molar-refractivity contribution in [3.63, 3.8) is 0 Å². The number of methoxy groups -OCH3 is 1. The Labute approximate surface area is 75.2 Å². The van der Waals surface area contributed by atoms with Gasteiger partial charge in [-0.2, -0.15) is 0 Å². The largest absolute Gasteiger partial charge is 0.494 e. The van der Waals surface area contributed by atoms with Crippen molar-refractivity contribution in [2.45, 2.75) is 6.54 Å². The molecule has 0 aliphatic rings. The van der Waals surface area contributed by atoms with E-state index in [4.69, 9.17) is 10.5 Å². The molecule has 68 valence electrons. The van der Waals surface area contributed by atoms with E-state index in [1.54, 1.807) is 17.7 Å². The molecule has 5 nitrogen and oxygen atoms in total. The SMILES string of the molecule is COc1cnc2nc(CN)cn2c1. The summed E-state index contributed by atoms with van der Waals surface area (Å²) < 4.78 is 6.82. The van der Waals surface area contributed by atoms with E-state index in [2.05, 4.69) is 9.97 Å². The average molecular weight is 178 g/mol. The maximum absolute atomic E-state index is 5.45. The van der Waals surface area contributed by atoms with Crippen LogP contribution in [0.3, 0.4) is 0 Å². The highest BCUT2D eigenvalue weighted by Crippen LogP contribution is 2.09. The zero-order chi connectivity index (χ0) is 9.26. The van der Waals surface area contributed by atoms with Crippen molar-refractivity contribution in [3.8, 4) is 5.75 Å². The number of fused-ring (bicyclic) bond motifs is 1. The molecule has 2 aromatic heterocycles. The van der Waals surface area contributed by atoms with Crippen LogP contribution in [-0.2, 0) is 6.54 Å². The number of hydrogen-bond donors (Lipinski definition) is 1. The fourth-order valence-electron chi connectivity index (χ4n) is 1.12. The summed E-state index contributed by atoms with van der Waals surface area (Å²) >= 11 is 0. The highest BCUT2D eigenvalue weighted by atomic mass is 16.5. The maximum atomic E-state index is 5.45. The van der Waals surface area contributed by atoms with Gasteiger partial charge < -0.3 is 10.5 Å². The first kappa shape index (κ1) is 8.00. The number of ether oxygens (including phenoxy) is 1. The predicted octanol–water partition coefficient (Wildman–Crippen LogP) is 0.197. The summed E-state index contributed by atoms with van der Waals surface area (Å²) in [4.78, 5) is 8.27. The second kappa shape index (κ2) is 3.02. The molecule has 0 aliphatic heterocycles. The fourth-order valence-corrected chi connectivity index (χ4v) is 1.12. The molecule has 2 aromatic rings. The average Bonchev–Trinajstić information content (AvgIpc) is 2.58. The number of rotatable bonds is 2. The maximum Gasteiger partial charge on any atom is 0.234 e. The summed E-state index contributed by atoms with van der Waals surface area (Å²) in [6.45, 7) is 0.422. The lowest BCUT2D eigenvalue weighted by Crippen LogP contribution is -1.95. The summed E-state index contributed by atoms with van der Waals surface area (Å²) in [6, 6.07) is 0. The van der Waals surface area contributed by atoms with E-state index < -0.39 is 0 Å². The molecule has 0 saturated heterocycles. The molecule has 5 heteroatoms. The zero-order valence-electron chi connectivity index (χ0n) is 7.27. The summed E-state index contributed by atoms with van der Waals surface area (Å²) in [7, 11) is 1.60. The van der Waals surface area contributed by atoms with Crippen LogP contribution >= 0.6 is 0 Å². The van der Waals surface area contributed by atoms with Gasteiger partial charge in [0, 0.05) is 12.7 Å². The van der Waals surface area contributed by atoms with Crippen LogP contribution in [0.15, 0.2) is 18.6 Å². The Kier molecular flexibility index (Phi) is 1.86. The fraction of sp³-hybridized carbons (Fsp3) is 0.250. The molecule has 0 spiro atoms. The Morgan fingerprint density at radius 2 is 2.38 bits per heavy atom. The van der Waals surface area contributed by atoms with Gasteiger partial charge in [0.15, 0.2) is 5.75 Å². The molecule has 13 heavy (non-hydrogen) atoms. The number of imidazole rings is 1. The van der Waals surface area contributed by atoms with E-state index in [0.717, 1.165) is 5.69 Å². The number of aromatic nitrogens is 3. The van der Waals surface area contributed by atoms with Crippen molar-refractivity contribution in [1.29, 1.82) is 0 Å². The Morgan fingerprint density at radius 3 is 3.08 bits per heavy atom.